The van der Waals surface area contributed by atoms with Gasteiger partial charge in [0.1, 0.15) is 5.82 Å². The number of ether oxygens (including phenoxy) is 1. The summed E-state index contributed by atoms with van der Waals surface area (Å²) in [5.41, 5.74) is 1.58. The van der Waals surface area contributed by atoms with E-state index in [2.05, 4.69) is 25.2 Å². The van der Waals surface area contributed by atoms with E-state index >= 15 is 0 Å². The van der Waals surface area contributed by atoms with Crippen LogP contribution in [-0.2, 0) is 6.54 Å². The molecule has 0 amide bonds. The van der Waals surface area contributed by atoms with Crippen molar-refractivity contribution >= 4 is 5.82 Å². The van der Waals surface area contributed by atoms with E-state index in [4.69, 9.17) is 0 Å². The minimum Gasteiger partial charge on any atom is -0.417 e. The first-order valence-corrected chi connectivity index (χ1v) is 5.57. The topological polar surface area (TPSA) is 59.9 Å². The summed E-state index contributed by atoms with van der Waals surface area (Å²) in [6, 6.07) is 6.76. The quantitative estimate of drug-likeness (QED) is 0.900. The standard InChI is InChI=1S/C12H12F2N4O/c1-8-2-3-10(18-17-8)16-7-9-4-5-15-11(6-9)19-12(13)14/h2-6,12H,7H2,1H3,(H,16,18). The van der Waals surface area contributed by atoms with E-state index in [9.17, 15) is 8.78 Å². The molecule has 0 spiro atoms. The fourth-order valence-electron chi connectivity index (χ4n) is 1.40. The molecule has 0 atom stereocenters. The van der Waals surface area contributed by atoms with Crippen LogP contribution in [0.4, 0.5) is 14.6 Å². The van der Waals surface area contributed by atoms with Gasteiger partial charge < -0.3 is 10.1 Å². The molecule has 100 valence electrons. The minimum absolute atomic E-state index is 0.107. The molecule has 0 aromatic carbocycles. The molecule has 0 aliphatic rings. The molecule has 0 bridgehead atoms. The van der Waals surface area contributed by atoms with Gasteiger partial charge in [-0.25, -0.2) is 4.98 Å². The second kappa shape index (κ2) is 6.03. The van der Waals surface area contributed by atoms with Gasteiger partial charge in [-0.2, -0.15) is 13.9 Å². The second-order valence-electron chi connectivity index (χ2n) is 3.79. The highest BCUT2D eigenvalue weighted by Gasteiger charge is 2.06. The van der Waals surface area contributed by atoms with Crippen LogP contribution in [0.3, 0.4) is 0 Å². The van der Waals surface area contributed by atoms with E-state index in [1.807, 2.05) is 13.0 Å². The molecule has 1 N–H and O–H groups in total. The van der Waals surface area contributed by atoms with Crippen molar-refractivity contribution in [3.8, 4) is 5.88 Å². The predicted octanol–water partition coefficient (Wildman–Crippen LogP) is 2.39. The number of alkyl halides is 2. The fraction of sp³-hybridized carbons (Fsp3) is 0.250. The van der Waals surface area contributed by atoms with Crippen LogP contribution in [0.25, 0.3) is 0 Å². The molecule has 0 aliphatic heterocycles. The SMILES string of the molecule is Cc1ccc(NCc2ccnc(OC(F)F)c2)nn1. The van der Waals surface area contributed by atoms with Crippen LogP contribution >= 0.6 is 0 Å². The summed E-state index contributed by atoms with van der Waals surface area (Å²) in [5, 5.41) is 10.9. The molecule has 0 saturated carbocycles. The molecular weight excluding hydrogens is 254 g/mol. The van der Waals surface area contributed by atoms with Gasteiger partial charge in [-0.05, 0) is 30.7 Å². The Bertz CT molecular complexity index is 534. The molecule has 7 heteroatoms. The van der Waals surface area contributed by atoms with Crippen LogP contribution in [-0.4, -0.2) is 21.8 Å². The molecule has 5 nitrogen and oxygen atoms in total. The molecule has 19 heavy (non-hydrogen) atoms. The Morgan fingerprint density at radius 1 is 1.26 bits per heavy atom. The van der Waals surface area contributed by atoms with Gasteiger partial charge in [0.25, 0.3) is 0 Å². The van der Waals surface area contributed by atoms with E-state index in [0.717, 1.165) is 11.3 Å². The van der Waals surface area contributed by atoms with Gasteiger partial charge in [-0.1, -0.05) is 0 Å². The van der Waals surface area contributed by atoms with Crippen molar-refractivity contribution in [1.29, 1.82) is 0 Å². The first-order valence-electron chi connectivity index (χ1n) is 5.57. The summed E-state index contributed by atoms with van der Waals surface area (Å²) in [6.45, 7) is -0.619. The monoisotopic (exact) mass is 266 g/mol. The molecule has 0 saturated heterocycles. The van der Waals surface area contributed by atoms with E-state index in [1.165, 1.54) is 12.3 Å². The van der Waals surface area contributed by atoms with Crippen molar-refractivity contribution in [3.05, 3.63) is 41.7 Å². The first-order chi connectivity index (χ1) is 9.13. The molecule has 2 aromatic heterocycles. The van der Waals surface area contributed by atoms with Crippen LogP contribution in [0.15, 0.2) is 30.5 Å². The maximum Gasteiger partial charge on any atom is 0.388 e. The molecule has 2 heterocycles. The molecule has 2 rings (SSSR count). The molecule has 0 radical (unpaired) electrons. The highest BCUT2D eigenvalue weighted by molar-refractivity contribution is 5.34. The van der Waals surface area contributed by atoms with Crippen molar-refractivity contribution in [2.24, 2.45) is 0 Å². The van der Waals surface area contributed by atoms with Gasteiger partial charge in [-0.15, -0.1) is 5.10 Å². The number of hydrogen-bond donors (Lipinski definition) is 1. The number of nitrogens with one attached hydrogen (secondary N) is 1. The summed E-state index contributed by atoms with van der Waals surface area (Å²) in [6.07, 6.45) is 1.41. The van der Waals surface area contributed by atoms with Gasteiger partial charge >= 0.3 is 6.61 Å². The molecule has 0 unspecified atom stereocenters. The minimum atomic E-state index is -2.88. The summed E-state index contributed by atoms with van der Waals surface area (Å²) >= 11 is 0. The fourth-order valence-corrected chi connectivity index (χ4v) is 1.40. The van der Waals surface area contributed by atoms with Crippen LogP contribution in [0.2, 0.25) is 0 Å². The normalized spacial score (nSPS) is 10.5. The van der Waals surface area contributed by atoms with Crippen LogP contribution < -0.4 is 10.1 Å². The van der Waals surface area contributed by atoms with Crippen LogP contribution in [0.5, 0.6) is 5.88 Å². The Morgan fingerprint density at radius 2 is 2.11 bits per heavy atom. The lowest BCUT2D eigenvalue weighted by atomic mass is 10.2. The van der Waals surface area contributed by atoms with E-state index in [0.29, 0.717) is 12.4 Å². The van der Waals surface area contributed by atoms with Crippen molar-refractivity contribution in [2.75, 3.05) is 5.32 Å². The average molecular weight is 266 g/mol. The maximum absolute atomic E-state index is 12.0. The van der Waals surface area contributed by atoms with E-state index < -0.39 is 6.61 Å². The lowest BCUT2D eigenvalue weighted by Crippen LogP contribution is -2.06. The van der Waals surface area contributed by atoms with Gasteiger partial charge in [0.05, 0.1) is 5.69 Å². The van der Waals surface area contributed by atoms with Crippen molar-refractivity contribution in [2.45, 2.75) is 20.1 Å². The largest absolute Gasteiger partial charge is 0.417 e. The second-order valence-corrected chi connectivity index (χ2v) is 3.79. The summed E-state index contributed by atoms with van der Waals surface area (Å²) in [5.74, 6) is 0.503. The van der Waals surface area contributed by atoms with E-state index in [1.54, 1.807) is 12.1 Å². The average Bonchev–Trinajstić information content (AvgIpc) is 2.38. The zero-order valence-corrected chi connectivity index (χ0v) is 10.2. The Morgan fingerprint density at radius 3 is 2.79 bits per heavy atom. The van der Waals surface area contributed by atoms with Gasteiger partial charge in [0.2, 0.25) is 5.88 Å². The number of hydrogen-bond acceptors (Lipinski definition) is 5. The number of aromatic nitrogens is 3. The number of rotatable bonds is 5. The zero-order valence-electron chi connectivity index (χ0n) is 10.2. The highest BCUT2D eigenvalue weighted by Crippen LogP contribution is 2.13. The van der Waals surface area contributed by atoms with Gasteiger partial charge in [0.15, 0.2) is 0 Å². The zero-order chi connectivity index (χ0) is 13.7. The van der Waals surface area contributed by atoms with Crippen molar-refractivity contribution < 1.29 is 13.5 Å². The third-order valence-electron chi connectivity index (χ3n) is 2.28. The highest BCUT2D eigenvalue weighted by atomic mass is 19.3. The predicted molar refractivity (Wildman–Crippen MR) is 65.0 cm³/mol. The molecular formula is C12H12F2N4O. The van der Waals surface area contributed by atoms with Crippen molar-refractivity contribution in [1.82, 2.24) is 15.2 Å². The van der Waals surface area contributed by atoms with Gasteiger partial charge in [-0.3, -0.25) is 0 Å². The lowest BCUT2D eigenvalue weighted by Gasteiger charge is -2.07. The lowest BCUT2D eigenvalue weighted by molar-refractivity contribution is -0.0528. The van der Waals surface area contributed by atoms with Gasteiger partial charge in [0, 0.05) is 18.8 Å². The Balaban J connectivity index is 1.97. The summed E-state index contributed by atoms with van der Waals surface area (Å²) in [4.78, 5) is 3.69. The van der Waals surface area contributed by atoms with E-state index in [-0.39, 0.29) is 5.88 Å². The van der Waals surface area contributed by atoms with Crippen LogP contribution in [0, 0.1) is 6.92 Å². The molecule has 0 aliphatic carbocycles. The number of anilines is 1. The number of halogens is 2. The number of aryl methyl sites for hydroxylation is 1. The maximum atomic E-state index is 12.0. The molecule has 0 fully saturated rings. The summed E-state index contributed by atoms with van der Waals surface area (Å²) in [7, 11) is 0. The van der Waals surface area contributed by atoms with Crippen LogP contribution in [0.1, 0.15) is 11.3 Å². The van der Waals surface area contributed by atoms with Crippen molar-refractivity contribution in [3.63, 3.8) is 0 Å². The Hall–Kier alpha value is -2.31. The smallest absolute Gasteiger partial charge is 0.388 e. The number of nitrogens with zero attached hydrogens (tertiary/aromatic N) is 3. The third-order valence-corrected chi connectivity index (χ3v) is 2.28. The third kappa shape index (κ3) is 4.13. The summed E-state index contributed by atoms with van der Waals surface area (Å²) < 4.78 is 28.3. The Kier molecular flexibility index (Phi) is 4.17. The first kappa shape index (κ1) is 13.1. The molecule has 2 aromatic rings. The Labute approximate surface area is 108 Å². The number of pyridine rings is 1.